The summed E-state index contributed by atoms with van der Waals surface area (Å²) in [6, 6.07) is 10.1. The number of aryl methyl sites for hydroxylation is 1. The standard InChI is InChI=1S/C27H33N5O2/c1-16(2)25-22-10-19(5-6-23(22)30-26(25)18-7-8-29-17(3)9-18)27(34)32-14-20-12-31(13-21(20)15-32)24(33)11-28-4/h5-10,16,20-21,28,30H,11-15H2,1-4H3. The van der Waals surface area contributed by atoms with Crippen LogP contribution in [0.4, 0.5) is 0 Å². The lowest BCUT2D eigenvalue weighted by Crippen LogP contribution is -2.39. The summed E-state index contributed by atoms with van der Waals surface area (Å²) in [5, 5.41) is 4.04. The van der Waals surface area contributed by atoms with Crippen molar-refractivity contribution in [2.45, 2.75) is 26.7 Å². The van der Waals surface area contributed by atoms with E-state index in [0.29, 0.717) is 24.3 Å². The fourth-order valence-electron chi connectivity index (χ4n) is 5.68. The molecule has 7 heteroatoms. The van der Waals surface area contributed by atoms with E-state index in [1.165, 1.54) is 5.56 Å². The molecule has 2 amide bonds. The van der Waals surface area contributed by atoms with Gasteiger partial charge in [0.25, 0.3) is 5.91 Å². The highest BCUT2D eigenvalue weighted by Crippen LogP contribution is 2.37. The summed E-state index contributed by atoms with van der Waals surface area (Å²) < 4.78 is 0. The minimum absolute atomic E-state index is 0.0848. The number of carbonyl (C=O) groups is 2. The van der Waals surface area contributed by atoms with Crippen molar-refractivity contribution in [2.24, 2.45) is 11.8 Å². The van der Waals surface area contributed by atoms with Crippen molar-refractivity contribution >= 4 is 22.7 Å². The first kappa shape index (κ1) is 22.6. The van der Waals surface area contributed by atoms with E-state index in [1.807, 2.05) is 41.1 Å². The molecule has 0 aliphatic carbocycles. The Hall–Kier alpha value is -3.19. The number of fused-ring (bicyclic) bond motifs is 2. The van der Waals surface area contributed by atoms with Crippen LogP contribution in [-0.2, 0) is 4.79 Å². The third-order valence-corrected chi connectivity index (χ3v) is 7.30. The Kier molecular flexibility index (Phi) is 5.90. The van der Waals surface area contributed by atoms with E-state index >= 15 is 0 Å². The first-order valence-electron chi connectivity index (χ1n) is 12.2. The zero-order valence-corrected chi connectivity index (χ0v) is 20.4. The van der Waals surface area contributed by atoms with Gasteiger partial charge in [0.2, 0.25) is 5.91 Å². The molecule has 2 aliphatic heterocycles. The van der Waals surface area contributed by atoms with E-state index in [2.05, 4.69) is 41.3 Å². The lowest BCUT2D eigenvalue weighted by atomic mass is 9.95. The van der Waals surface area contributed by atoms with Gasteiger partial charge < -0.3 is 20.1 Å². The van der Waals surface area contributed by atoms with Crippen LogP contribution in [0.5, 0.6) is 0 Å². The van der Waals surface area contributed by atoms with Crippen LogP contribution in [0.25, 0.3) is 22.2 Å². The zero-order valence-electron chi connectivity index (χ0n) is 20.4. The monoisotopic (exact) mass is 459 g/mol. The predicted octanol–water partition coefficient (Wildman–Crippen LogP) is 3.41. The van der Waals surface area contributed by atoms with Crippen LogP contribution in [-0.4, -0.2) is 71.4 Å². The summed E-state index contributed by atoms with van der Waals surface area (Å²) in [7, 11) is 1.79. The van der Waals surface area contributed by atoms with E-state index < -0.39 is 0 Å². The SMILES string of the molecule is CNCC(=O)N1CC2CN(C(=O)c3ccc4[nH]c(-c5ccnc(C)c5)c(C(C)C)c4c3)CC2C1. The molecule has 0 saturated carbocycles. The number of hydrogen-bond donors (Lipinski definition) is 2. The van der Waals surface area contributed by atoms with Gasteiger partial charge in [-0.25, -0.2) is 0 Å². The number of likely N-dealkylation sites (tertiary alicyclic amines) is 2. The van der Waals surface area contributed by atoms with E-state index in [0.717, 1.165) is 59.6 Å². The second-order valence-corrected chi connectivity index (χ2v) is 10.1. The van der Waals surface area contributed by atoms with Crippen LogP contribution < -0.4 is 5.32 Å². The van der Waals surface area contributed by atoms with Gasteiger partial charge in [-0.15, -0.1) is 0 Å². The molecule has 2 saturated heterocycles. The van der Waals surface area contributed by atoms with Crippen LogP contribution in [0, 0.1) is 18.8 Å². The zero-order chi connectivity index (χ0) is 24.0. The number of nitrogens with one attached hydrogen (secondary N) is 2. The number of aromatic amines is 1. The maximum absolute atomic E-state index is 13.5. The van der Waals surface area contributed by atoms with Crippen molar-refractivity contribution in [3.8, 4) is 11.3 Å². The molecule has 2 unspecified atom stereocenters. The van der Waals surface area contributed by atoms with Gasteiger partial charge in [0.15, 0.2) is 0 Å². The van der Waals surface area contributed by atoms with Crippen LogP contribution in [0.15, 0.2) is 36.5 Å². The first-order chi connectivity index (χ1) is 16.4. The minimum atomic E-state index is 0.0848. The van der Waals surface area contributed by atoms with Crippen LogP contribution >= 0.6 is 0 Å². The molecule has 2 N–H and O–H groups in total. The molecule has 178 valence electrons. The normalized spacial score (nSPS) is 19.9. The summed E-state index contributed by atoms with van der Waals surface area (Å²) in [5.74, 6) is 1.27. The Labute approximate surface area is 200 Å². The maximum Gasteiger partial charge on any atom is 0.253 e. The van der Waals surface area contributed by atoms with Crippen LogP contribution in [0.2, 0.25) is 0 Å². The average Bonchev–Trinajstić information content (AvgIpc) is 3.49. The quantitative estimate of drug-likeness (QED) is 0.613. The van der Waals surface area contributed by atoms with E-state index in [9.17, 15) is 9.59 Å². The van der Waals surface area contributed by atoms with Crippen LogP contribution in [0.3, 0.4) is 0 Å². The van der Waals surface area contributed by atoms with Gasteiger partial charge in [-0.3, -0.25) is 14.6 Å². The lowest BCUT2D eigenvalue weighted by molar-refractivity contribution is -0.129. The van der Waals surface area contributed by atoms with Crippen molar-refractivity contribution in [1.82, 2.24) is 25.1 Å². The summed E-state index contributed by atoms with van der Waals surface area (Å²) >= 11 is 0. The van der Waals surface area contributed by atoms with Gasteiger partial charge >= 0.3 is 0 Å². The third kappa shape index (κ3) is 3.98. The number of benzene rings is 1. The minimum Gasteiger partial charge on any atom is -0.354 e. The number of rotatable bonds is 5. The molecular weight excluding hydrogens is 426 g/mol. The molecule has 2 aliphatic rings. The second kappa shape index (κ2) is 8.87. The average molecular weight is 460 g/mol. The van der Waals surface area contributed by atoms with Gasteiger partial charge in [0.05, 0.1) is 12.2 Å². The highest BCUT2D eigenvalue weighted by molar-refractivity contribution is 6.01. The van der Waals surface area contributed by atoms with Gasteiger partial charge in [0.1, 0.15) is 0 Å². The number of hydrogen-bond acceptors (Lipinski definition) is 4. The molecule has 3 aromatic rings. The summed E-state index contributed by atoms with van der Waals surface area (Å²) in [6.07, 6.45) is 1.84. The molecule has 34 heavy (non-hydrogen) atoms. The molecule has 7 nitrogen and oxygen atoms in total. The number of carbonyl (C=O) groups excluding carboxylic acids is 2. The van der Waals surface area contributed by atoms with Crippen LogP contribution in [0.1, 0.15) is 41.4 Å². The van der Waals surface area contributed by atoms with Gasteiger partial charge in [0, 0.05) is 71.9 Å². The van der Waals surface area contributed by atoms with Gasteiger partial charge in [-0.1, -0.05) is 13.8 Å². The number of nitrogens with zero attached hydrogens (tertiary/aromatic N) is 3. The molecule has 5 rings (SSSR count). The molecule has 0 spiro atoms. The number of pyridine rings is 1. The second-order valence-electron chi connectivity index (χ2n) is 10.1. The summed E-state index contributed by atoms with van der Waals surface area (Å²) in [5.41, 5.74) is 6.20. The number of H-pyrrole nitrogens is 1. The van der Waals surface area contributed by atoms with E-state index in [-0.39, 0.29) is 11.8 Å². The topological polar surface area (TPSA) is 81.3 Å². The Bertz CT molecular complexity index is 1230. The molecule has 2 aromatic heterocycles. The number of amides is 2. The van der Waals surface area contributed by atoms with Gasteiger partial charge in [-0.2, -0.15) is 0 Å². The van der Waals surface area contributed by atoms with Crippen molar-refractivity contribution in [2.75, 3.05) is 39.8 Å². The molecular formula is C27H33N5O2. The van der Waals surface area contributed by atoms with Crippen molar-refractivity contribution in [3.63, 3.8) is 0 Å². The molecule has 0 radical (unpaired) electrons. The summed E-state index contributed by atoms with van der Waals surface area (Å²) in [4.78, 5) is 37.5. The number of aromatic nitrogens is 2. The number of likely N-dealkylation sites (N-methyl/N-ethyl adjacent to an activating group) is 1. The summed E-state index contributed by atoms with van der Waals surface area (Å²) in [6.45, 7) is 9.69. The van der Waals surface area contributed by atoms with E-state index in [4.69, 9.17) is 0 Å². The molecule has 1 aromatic carbocycles. The molecule has 2 atom stereocenters. The highest BCUT2D eigenvalue weighted by Gasteiger charge is 2.43. The van der Waals surface area contributed by atoms with Crippen molar-refractivity contribution in [3.05, 3.63) is 53.3 Å². The maximum atomic E-state index is 13.5. The first-order valence-corrected chi connectivity index (χ1v) is 12.2. The Morgan fingerprint density at radius 3 is 2.44 bits per heavy atom. The Morgan fingerprint density at radius 1 is 1.09 bits per heavy atom. The fourth-order valence-corrected chi connectivity index (χ4v) is 5.68. The molecule has 0 bridgehead atoms. The fraction of sp³-hybridized carbons (Fsp3) is 0.444. The Morgan fingerprint density at radius 2 is 1.79 bits per heavy atom. The molecule has 4 heterocycles. The third-order valence-electron chi connectivity index (χ3n) is 7.30. The highest BCUT2D eigenvalue weighted by atomic mass is 16.2. The smallest absolute Gasteiger partial charge is 0.253 e. The molecule has 2 fully saturated rings. The van der Waals surface area contributed by atoms with Gasteiger partial charge in [-0.05, 0) is 55.8 Å². The lowest BCUT2D eigenvalue weighted by Gasteiger charge is -2.22. The van der Waals surface area contributed by atoms with Crippen molar-refractivity contribution < 1.29 is 9.59 Å². The van der Waals surface area contributed by atoms with E-state index in [1.54, 1.807) is 7.05 Å². The predicted molar refractivity (Wildman–Crippen MR) is 134 cm³/mol. The Balaban J connectivity index is 1.39. The van der Waals surface area contributed by atoms with Crippen molar-refractivity contribution in [1.29, 1.82) is 0 Å². The largest absolute Gasteiger partial charge is 0.354 e.